The number of fused-ring (bicyclic) bond motifs is 1. The number of nitrogens with one attached hydrogen (secondary N) is 2. The summed E-state index contributed by atoms with van der Waals surface area (Å²) in [6.45, 7) is 2.93. The van der Waals surface area contributed by atoms with Crippen molar-refractivity contribution in [2.24, 2.45) is 0 Å². The summed E-state index contributed by atoms with van der Waals surface area (Å²) in [6.07, 6.45) is 4.28. The molecule has 0 bridgehead atoms. The van der Waals surface area contributed by atoms with Crippen molar-refractivity contribution >= 4 is 32.9 Å². The summed E-state index contributed by atoms with van der Waals surface area (Å²) < 4.78 is 28.4. The van der Waals surface area contributed by atoms with Gasteiger partial charge in [-0.15, -0.1) is 0 Å². The number of nitrogens with zero attached hydrogens (tertiary/aromatic N) is 1. The lowest BCUT2D eigenvalue weighted by Crippen LogP contribution is -2.36. The standard InChI is InChI=1S/C22H25N3O3S/c1-18-7-9-19(10-8-18)12-16-29(27,28)24-17-22(26)23-13-4-14-25-15-11-20-5-2-3-6-21(20)25/h2-3,5-12,15-16,24H,4,13-14,17H2,1H3,(H,23,26)/b16-12+. The van der Waals surface area contributed by atoms with Crippen LogP contribution in [0.3, 0.4) is 0 Å². The quantitative estimate of drug-likeness (QED) is 0.531. The van der Waals surface area contributed by atoms with Crippen LogP contribution in [0.25, 0.3) is 17.0 Å². The van der Waals surface area contributed by atoms with E-state index in [9.17, 15) is 13.2 Å². The molecule has 29 heavy (non-hydrogen) atoms. The number of carbonyl (C=O) groups excluding carboxylic acids is 1. The summed E-state index contributed by atoms with van der Waals surface area (Å²) >= 11 is 0. The first-order chi connectivity index (χ1) is 13.9. The summed E-state index contributed by atoms with van der Waals surface area (Å²) in [5, 5.41) is 5.00. The van der Waals surface area contributed by atoms with Gasteiger partial charge in [0, 0.05) is 30.2 Å². The third kappa shape index (κ3) is 6.30. The Morgan fingerprint density at radius 2 is 1.83 bits per heavy atom. The van der Waals surface area contributed by atoms with E-state index in [4.69, 9.17) is 0 Å². The van der Waals surface area contributed by atoms with E-state index in [0.717, 1.165) is 35.0 Å². The second-order valence-corrected chi connectivity index (χ2v) is 8.50. The third-order valence-electron chi connectivity index (χ3n) is 4.53. The van der Waals surface area contributed by atoms with Gasteiger partial charge in [0.15, 0.2) is 0 Å². The molecule has 2 aromatic carbocycles. The highest BCUT2D eigenvalue weighted by Gasteiger charge is 2.08. The average molecular weight is 412 g/mol. The summed E-state index contributed by atoms with van der Waals surface area (Å²) in [5.41, 5.74) is 3.04. The second kappa shape index (κ2) is 9.54. The molecule has 1 heterocycles. The molecular formula is C22H25N3O3S. The molecule has 0 unspecified atom stereocenters. The predicted octanol–water partition coefficient (Wildman–Crippen LogP) is 3.05. The van der Waals surface area contributed by atoms with Crippen molar-refractivity contribution in [3.05, 3.63) is 77.3 Å². The summed E-state index contributed by atoms with van der Waals surface area (Å²) in [7, 11) is -3.67. The van der Waals surface area contributed by atoms with Crippen LogP contribution in [-0.2, 0) is 21.4 Å². The first-order valence-electron chi connectivity index (χ1n) is 9.48. The molecule has 0 spiro atoms. The molecule has 2 N–H and O–H groups in total. The number of para-hydroxylation sites is 1. The van der Waals surface area contributed by atoms with Crippen LogP contribution in [0.15, 0.2) is 66.2 Å². The van der Waals surface area contributed by atoms with Crippen molar-refractivity contribution in [3.8, 4) is 0 Å². The molecule has 0 saturated carbocycles. The molecule has 0 atom stereocenters. The van der Waals surface area contributed by atoms with E-state index in [0.29, 0.717) is 6.54 Å². The zero-order valence-corrected chi connectivity index (χ0v) is 17.2. The van der Waals surface area contributed by atoms with Crippen LogP contribution in [0, 0.1) is 6.92 Å². The van der Waals surface area contributed by atoms with Crippen LogP contribution < -0.4 is 10.0 Å². The van der Waals surface area contributed by atoms with Gasteiger partial charge in [0.05, 0.1) is 6.54 Å². The Kier molecular flexibility index (Phi) is 6.85. The molecule has 0 saturated heterocycles. The Bertz CT molecular complexity index is 1100. The molecule has 0 radical (unpaired) electrons. The van der Waals surface area contributed by atoms with Gasteiger partial charge in [0.1, 0.15) is 0 Å². The van der Waals surface area contributed by atoms with Gasteiger partial charge in [-0.2, -0.15) is 0 Å². The van der Waals surface area contributed by atoms with Crippen LogP contribution in [0.2, 0.25) is 0 Å². The fourth-order valence-electron chi connectivity index (χ4n) is 2.94. The van der Waals surface area contributed by atoms with E-state index in [1.165, 1.54) is 11.5 Å². The summed E-state index contributed by atoms with van der Waals surface area (Å²) in [6, 6.07) is 17.7. The monoisotopic (exact) mass is 411 g/mol. The lowest BCUT2D eigenvalue weighted by molar-refractivity contribution is -0.119. The Labute approximate surface area is 171 Å². The highest BCUT2D eigenvalue weighted by atomic mass is 32.2. The normalized spacial score (nSPS) is 11.9. The molecule has 3 aromatic rings. The number of sulfonamides is 1. The maximum atomic E-state index is 12.0. The highest BCUT2D eigenvalue weighted by Crippen LogP contribution is 2.15. The number of benzene rings is 2. The van der Waals surface area contributed by atoms with Gasteiger partial charge in [-0.1, -0.05) is 48.0 Å². The molecule has 1 aromatic heterocycles. The van der Waals surface area contributed by atoms with Crippen LogP contribution in [0.1, 0.15) is 17.5 Å². The van der Waals surface area contributed by atoms with Crippen LogP contribution >= 0.6 is 0 Å². The lowest BCUT2D eigenvalue weighted by Gasteiger charge is -2.08. The van der Waals surface area contributed by atoms with E-state index in [2.05, 4.69) is 32.8 Å². The van der Waals surface area contributed by atoms with E-state index < -0.39 is 10.0 Å². The Morgan fingerprint density at radius 1 is 1.07 bits per heavy atom. The minimum Gasteiger partial charge on any atom is -0.355 e. The molecule has 0 aliphatic carbocycles. The van der Waals surface area contributed by atoms with Crippen LogP contribution in [-0.4, -0.2) is 32.0 Å². The zero-order valence-electron chi connectivity index (χ0n) is 16.3. The number of hydrogen-bond acceptors (Lipinski definition) is 3. The second-order valence-electron chi connectivity index (χ2n) is 6.85. The molecule has 3 rings (SSSR count). The number of rotatable bonds is 9. The minimum absolute atomic E-state index is 0.285. The number of aryl methyl sites for hydroxylation is 2. The van der Waals surface area contributed by atoms with Gasteiger partial charge in [-0.25, -0.2) is 13.1 Å². The fourth-order valence-corrected chi connectivity index (χ4v) is 3.70. The Hall–Kier alpha value is -2.90. The number of carbonyl (C=O) groups is 1. The van der Waals surface area contributed by atoms with Gasteiger partial charge < -0.3 is 9.88 Å². The highest BCUT2D eigenvalue weighted by molar-refractivity contribution is 7.92. The first kappa shape index (κ1) is 20.8. The Morgan fingerprint density at radius 3 is 2.62 bits per heavy atom. The van der Waals surface area contributed by atoms with Gasteiger partial charge in [0.25, 0.3) is 0 Å². The summed E-state index contributed by atoms with van der Waals surface area (Å²) in [4.78, 5) is 11.9. The van der Waals surface area contributed by atoms with E-state index in [-0.39, 0.29) is 12.5 Å². The number of hydrogen-bond donors (Lipinski definition) is 2. The van der Waals surface area contributed by atoms with Crippen LogP contribution in [0.4, 0.5) is 0 Å². The van der Waals surface area contributed by atoms with Gasteiger partial charge in [-0.05, 0) is 42.5 Å². The molecule has 1 amide bonds. The van der Waals surface area contributed by atoms with Gasteiger partial charge in [-0.3, -0.25) is 4.79 Å². The largest absolute Gasteiger partial charge is 0.355 e. The average Bonchev–Trinajstić information content (AvgIpc) is 3.13. The molecule has 0 aliphatic heterocycles. The smallest absolute Gasteiger partial charge is 0.235 e. The molecule has 0 aliphatic rings. The maximum Gasteiger partial charge on any atom is 0.235 e. The first-order valence-corrected chi connectivity index (χ1v) is 11.0. The number of amides is 1. The zero-order chi connectivity index (χ0) is 20.7. The van der Waals surface area contributed by atoms with Gasteiger partial charge in [0.2, 0.25) is 15.9 Å². The summed E-state index contributed by atoms with van der Waals surface area (Å²) in [5.74, 6) is -0.352. The predicted molar refractivity (Wildman–Crippen MR) is 117 cm³/mol. The van der Waals surface area contributed by atoms with E-state index >= 15 is 0 Å². The van der Waals surface area contributed by atoms with E-state index in [1.807, 2.05) is 49.5 Å². The van der Waals surface area contributed by atoms with Crippen LogP contribution in [0.5, 0.6) is 0 Å². The third-order valence-corrected chi connectivity index (χ3v) is 5.57. The SMILES string of the molecule is Cc1ccc(/C=C/S(=O)(=O)NCC(=O)NCCCn2ccc3ccccc32)cc1. The van der Waals surface area contributed by atoms with Gasteiger partial charge >= 0.3 is 0 Å². The minimum atomic E-state index is -3.67. The van der Waals surface area contributed by atoms with E-state index in [1.54, 1.807) is 0 Å². The molecular weight excluding hydrogens is 386 g/mol. The lowest BCUT2D eigenvalue weighted by atomic mass is 10.2. The molecule has 7 heteroatoms. The Balaban J connectivity index is 1.39. The van der Waals surface area contributed by atoms with Crippen molar-refractivity contribution < 1.29 is 13.2 Å². The fraction of sp³-hybridized carbons (Fsp3) is 0.227. The number of aromatic nitrogens is 1. The topological polar surface area (TPSA) is 80.2 Å². The molecule has 6 nitrogen and oxygen atoms in total. The van der Waals surface area contributed by atoms with Crippen molar-refractivity contribution in [2.75, 3.05) is 13.1 Å². The van der Waals surface area contributed by atoms with Crippen molar-refractivity contribution in [2.45, 2.75) is 19.9 Å². The maximum absolute atomic E-state index is 12.0. The molecule has 152 valence electrons. The van der Waals surface area contributed by atoms with Crippen molar-refractivity contribution in [1.82, 2.24) is 14.6 Å². The van der Waals surface area contributed by atoms with Crippen molar-refractivity contribution in [3.63, 3.8) is 0 Å². The molecule has 0 fully saturated rings. The van der Waals surface area contributed by atoms with Crippen molar-refractivity contribution in [1.29, 1.82) is 0 Å².